The number of hydrogen-bond acceptors (Lipinski definition) is 4. The second-order valence-corrected chi connectivity index (χ2v) is 10.2. The van der Waals surface area contributed by atoms with Crippen molar-refractivity contribution in [3.05, 3.63) is 65.7 Å². The Morgan fingerprint density at radius 3 is 2.12 bits per heavy atom. The normalized spacial score (nSPS) is 18.4. The average molecular weight is 439 g/mol. The van der Waals surface area contributed by atoms with Crippen molar-refractivity contribution in [3.63, 3.8) is 0 Å². The zero-order valence-electron chi connectivity index (χ0n) is 20.1. The van der Waals surface area contributed by atoms with Gasteiger partial charge in [-0.1, -0.05) is 65.0 Å². The monoisotopic (exact) mass is 438 g/mol. The Kier molecular flexibility index (Phi) is 7.66. The van der Waals surface area contributed by atoms with Crippen LogP contribution in [0.5, 0.6) is 5.75 Å². The first-order valence-corrected chi connectivity index (χ1v) is 11.9. The number of esters is 1. The molecule has 2 unspecified atom stereocenters. The van der Waals surface area contributed by atoms with Crippen LogP contribution in [-0.2, 0) is 10.3 Å². The third kappa shape index (κ3) is 5.35. The minimum Gasteiger partial charge on any atom is -0.465 e. The Morgan fingerprint density at radius 1 is 1.00 bits per heavy atom. The van der Waals surface area contributed by atoms with E-state index in [1.807, 2.05) is 30.3 Å². The fourth-order valence-corrected chi connectivity index (χ4v) is 4.81. The van der Waals surface area contributed by atoms with Gasteiger partial charge in [-0.25, -0.2) is 4.79 Å². The molecule has 1 aliphatic carbocycles. The molecule has 0 spiro atoms. The van der Waals surface area contributed by atoms with Crippen molar-refractivity contribution in [1.82, 2.24) is 0 Å². The summed E-state index contributed by atoms with van der Waals surface area (Å²) in [4.78, 5) is 13.0. The third-order valence-electron chi connectivity index (χ3n) is 7.07. The van der Waals surface area contributed by atoms with Gasteiger partial charge in [-0.15, -0.1) is 0 Å². The van der Waals surface area contributed by atoms with Gasteiger partial charge in [0.15, 0.2) is 0 Å². The number of aliphatic hydroxyl groups is 1. The molecule has 0 bridgehead atoms. The maximum absolute atomic E-state index is 13.0. The lowest BCUT2D eigenvalue weighted by atomic mass is 9.72. The summed E-state index contributed by atoms with van der Waals surface area (Å²) in [6.45, 7) is 10.6. The largest absolute Gasteiger partial charge is 0.465 e. The van der Waals surface area contributed by atoms with E-state index in [-0.39, 0.29) is 17.3 Å². The maximum Gasteiger partial charge on any atom is 0.339 e. The molecule has 2 aromatic carbocycles. The van der Waals surface area contributed by atoms with Gasteiger partial charge in [0.2, 0.25) is 6.29 Å². The summed E-state index contributed by atoms with van der Waals surface area (Å²) in [5, 5.41) is 10.9. The molecule has 3 rings (SSSR count). The van der Waals surface area contributed by atoms with Gasteiger partial charge in [0, 0.05) is 5.41 Å². The number of rotatable bonds is 9. The first kappa shape index (κ1) is 24.3. The van der Waals surface area contributed by atoms with Crippen molar-refractivity contribution in [2.24, 2.45) is 17.3 Å². The lowest BCUT2D eigenvalue weighted by Crippen LogP contribution is -2.42. The van der Waals surface area contributed by atoms with Crippen LogP contribution in [0.2, 0.25) is 0 Å². The van der Waals surface area contributed by atoms with Crippen LogP contribution in [0.4, 0.5) is 0 Å². The molecule has 1 N–H and O–H groups in total. The Morgan fingerprint density at radius 2 is 1.59 bits per heavy atom. The fraction of sp³-hybridized carbons (Fsp3) is 0.536. The Hall–Kier alpha value is -2.33. The quantitative estimate of drug-likeness (QED) is 0.349. The smallest absolute Gasteiger partial charge is 0.339 e. The SMILES string of the molecule is CC(C)CC(C)(C(C)C)C(O)Oc1ccc(C(=O)OC2(c3ccccc3)CCCC2)cc1. The van der Waals surface area contributed by atoms with Crippen LogP contribution in [-0.4, -0.2) is 17.4 Å². The molecule has 2 aromatic rings. The van der Waals surface area contributed by atoms with Gasteiger partial charge >= 0.3 is 5.97 Å². The molecular formula is C28H38O4. The van der Waals surface area contributed by atoms with Crippen molar-refractivity contribution in [2.75, 3.05) is 0 Å². The number of hydrogen-bond donors (Lipinski definition) is 1. The van der Waals surface area contributed by atoms with E-state index >= 15 is 0 Å². The third-order valence-corrected chi connectivity index (χ3v) is 7.07. The summed E-state index contributed by atoms with van der Waals surface area (Å²) >= 11 is 0. The van der Waals surface area contributed by atoms with Crippen molar-refractivity contribution >= 4 is 5.97 Å². The maximum atomic E-state index is 13.0. The van der Waals surface area contributed by atoms with Crippen LogP contribution in [0.1, 0.15) is 82.6 Å². The standard InChI is InChI=1S/C28H38O4/c1-20(2)19-27(5,21(3)4)26(30)31-24-15-13-22(14-16-24)25(29)32-28(17-9-10-18-28)23-11-7-6-8-12-23/h6-8,11-16,20-21,26,30H,9-10,17-19H2,1-5H3. The molecule has 32 heavy (non-hydrogen) atoms. The molecule has 0 amide bonds. The van der Waals surface area contributed by atoms with E-state index in [1.165, 1.54) is 0 Å². The molecule has 0 aromatic heterocycles. The van der Waals surface area contributed by atoms with Gasteiger partial charge in [0.1, 0.15) is 11.4 Å². The highest BCUT2D eigenvalue weighted by Crippen LogP contribution is 2.43. The number of benzene rings is 2. The summed E-state index contributed by atoms with van der Waals surface area (Å²) in [5.41, 5.74) is 0.644. The topological polar surface area (TPSA) is 55.8 Å². The van der Waals surface area contributed by atoms with Gasteiger partial charge in [-0.3, -0.25) is 0 Å². The molecule has 174 valence electrons. The Labute approximate surface area is 193 Å². The van der Waals surface area contributed by atoms with E-state index in [2.05, 4.69) is 34.6 Å². The van der Waals surface area contributed by atoms with E-state index in [0.29, 0.717) is 17.2 Å². The average Bonchev–Trinajstić information content (AvgIpc) is 3.23. The highest BCUT2D eigenvalue weighted by Gasteiger charge is 2.40. The predicted molar refractivity (Wildman–Crippen MR) is 127 cm³/mol. The van der Waals surface area contributed by atoms with Gasteiger partial charge in [-0.2, -0.15) is 0 Å². The van der Waals surface area contributed by atoms with Gasteiger partial charge in [0.05, 0.1) is 5.56 Å². The molecule has 2 atom stereocenters. The van der Waals surface area contributed by atoms with Crippen molar-refractivity contribution in [2.45, 2.75) is 78.6 Å². The molecular weight excluding hydrogens is 400 g/mol. The number of ether oxygens (including phenoxy) is 2. The molecule has 0 heterocycles. The minimum absolute atomic E-state index is 0.259. The van der Waals surface area contributed by atoms with Crippen LogP contribution >= 0.6 is 0 Å². The highest BCUT2D eigenvalue weighted by atomic mass is 16.6. The van der Waals surface area contributed by atoms with Crippen LogP contribution in [0.3, 0.4) is 0 Å². The highest BCUT2D eigenvalue weighted by molar-refractivity contribution is 5.90. The minimum atomic E-state index is -0.928. The van der Waals surface area contributed by atoms with E-state index in [4.69, 9.17) is 9.47 Å². The van der Waals surface area contributed by atoms with E-state index in [9.17, 15) is 9.90 Å². The summed E-state index contributed by atoms with van der Waals surface area (Å²) in [6.07, 6.45) is 3.73. The fourth-order valence-electron chi connectivity index (χ4n) is 4.81. The molecule has 0 aliphatic heterocycles. The first-order valence-electron chi connectivity index (χ1n) is 11.9. The number of carbonyl (C=O) groups is 1. The van der Waals surface area contributed by atoms with Crippen LogP contribution in [0, 0.1) is 17.3 Å². The lowest BCUT2D eigenvalue weighted by molar-refractivity contribution is -0.135. The molecule has 4 nitrogen and oxygen atoms in total. The molecule has 1 aliphatic rings. The Bertz CT molecular complexity index is 866. The number of aliphatic hydroxyl groups excluding tert-OH is 1. The van der Waals surface area contributed by atoms with Gasteiger partial charge in [0.25, 0.3) is 0 Å². The van der Waals surface area contributed by atoms with E-state index in [0.717, 1.165) is 37.7 Å². The molecule has 1 saturated carbocycles. The summed E-state index contributed by atoms with van der Waals surface area (Å²) < 4.78 is 12.0. The molecule has 1 fully saturated rings. The summed E-state index contributed by atoms with van der Waals surface area (Å²) in [7, 11) is 0. The van der Waals surface area contributed by atoms with Crippen molar-refractivity contribution in [3.8, 4) is 5.75 Å². The molecule has 4 heteroatoms. The summed E-state index contributed by atoms with van der Waals surface area (Å²) in [6, 6.07) is 16.9. The van der Waals surface area contributed by atoms with Crippen molar-refractivity contribution < 1.29 is 19.4 Å². The molecule has 0 radical (unpaired) electrons. The second kappa shape index (κ2) is 10.1. The first-order chi connectivity index (χ1) is 15.2. The van der Waals surface area contributed by atoms with Gasteiger partial charge in [-0.05, 0) is 73.8 Å². The zero-order valence-corrected chi connectivity index (χ0v) is 20.1. The molecule has 0 saturated heterocycles. The van der Waals surface area contributed by atoms with Crippen LogP contribution in [0.15, 0.2) is 54.6 Å². The van der Waals surface area contributed by atoms with Gasteiger partial charge < -0.3 is 14.6 Å². The van der Waals surface area contributed by atoms with E-state index < -0.39 is 11.9 Å². The van der Waals surface area contributed by atoms with Crippen molar-refractivity contribution in [1.29, 1.82) is 0 Å². The summed E-state index contributed by atoms with van der Waals surface area (Å²) in [5.74, 6) is 0.929. The Balaban J connectivity index is 1.70. The van der Waals surface area contributed by atoms with Crippen LogP contribution in [0.25, 0.3) is 0 Å². The number of carbonyl (C=O) groups excluding carboxylic acids is 1. The predicted octanol–water partition coefficient (Wildman–Crippen LogP) is 6.72. The van der Waals surface area contributed by atoms with E-state index in [1.54, 1.807) is 24.3 Å². The van der Waals surface area contributed by atoms with Crippen LogP contribution < -0.4 is 4.74 Å². The second-order valence-electron chi connectivity index (χ2n) is 10.2. The lowest BCUT2D eigenvalue weighted by Gasteiger charge is -2.39. The zero-order chi connectivity index (χ0) is 23.4.